The van der Waals surface area contributed by atoms with Crippen molar-refractivity contribution in [2.45, 2.75) is 11.4 Å². The molecule has 2 aliphatic heterocycles. The number of hydrogen-bond donors (Lipinski definition) is 1. The highest BCUT2D eigenvalue weighted by Gasteiger charge is 2.47. The molecule has 2 heterocycles. The van der Waals surface area contributed by atoms with E-state index >= 15 is 0 Å². The van der Waals surface area contributed by atoms with Crippen molar-refractivity contribution in [2.75, 3.05) is 6.54 Å². The summed E-state index contributed by atoms with van der Waals surface area (Å²) in [5.74, 6) is 2.27. The number of carbonyl (C=O) groups excluding carboxylic acids is 1. The molecule has 2 fully saturated rings. The van der Waals surface area contributed by atoms with Crippen molar-refractivity contribution in [2.24, 2.45) is 0 Å². The van der Waals surface area contributed by atoms with E-state index < -0.39 is 0 Å². The molecular weight excluding hydrogens is 136 g/mol. The third-order valence-electron chi connectivity index (χ3n) is 1.76. The summed E-state index contributed by atoms with van der Waals surface area (Å²) in [5.41, 5.74) is 3.74. The Balaban J connectivity index is 2.14. The monoisotopic (exact) mass is 144 g/mol. The Morgan fingerprint density at radius 1 is 1.89 bits per heavy atom. The minimum atomic E-state index is 0.0220. The highest BCUT2D eigenvalue weighted by Crippen LogP contribution is 2.35. The lowest BCUT2D eigenvalue weighted by molar-refractivity contribution is -0.424. The normalized spacial score (nSPS) is 40.6. The first-order chi connectivity index (χ1) is 4.30. The Morgan fingerprint density at radius 3 is 3.33 bits per heavy atom. The smallest absolute Gasteiger partial charge is 0.282 e. The predicted molar refractivity (Wildman–Crippen MR) is 34.1 cm³/mol. The van der Waals surface area contributed by atoms with E-state index in [0.717, 1.165) is 6.54 Å². The minimum Gasteiger partial charge on any atom is -0.351 e. The second kappa shape index (κ2) is 1.64. The van der Waals surface area contributed by atoms with E-state index in [0.29, 0.717) is 5.37 Å². The van der Waals surface area contributed by atoms with Gasteiger partial charge >= 0.3 is 0 Å². The van der Waals surface area contributed by atoms with Crippen LogP contribution in [0.5, 0.6) is 0 Å². The van der Waals surface area contributed by atoms with Crippen LogP contribution in [0.3, 0.4) is 0 Å². The highest BCUT2D eigenvalue weighted by atomic mass is 32.2. The first kappa shape index (κ1) is 5.56. The maximum absolute atomic E-state index is 10.9. The van der Waals surface area contributed by atoms with Gasteiger partial charge in [0.2, 0.25) is 0 Å². The van der Waals surface area contributed by atoms with Gasteiger partial charge in [0.15, 0.2) is 6.04 Å². The summed E-state index contributed by atoms with van der Waals surface area (Å²) in [6.45, 7) is 0.820. The number of β-lactam (4-membered cyclic amide) rings is 1. The SMILES string of the molecule is [NH3+]C1C(=O)N2C[CH-]S[C@H]12. The van der Waals surface area contributed by atoms with Crippen LogP contribution in [0.25, 0.3) is 0 Å². The molecule has 0 aliphatic carbocycles. The van der Waals surface area contributed by atoms with Crippen LogP contribution in [0.15, 0.2) is 0 Å². The fourth-order valence-corrected chi connectivity index (χ4v) is 2.27. The topological polar surface area (TPSA) is 48.0 Å². The van der Waals surface area contributed by atoms with Crippen LogP contribution in [0.1, 0.15) is 0 Å². The molecule has 3 nitrogen and oxygen atoms in total. The van der Waals surface area contributed by atoms with Crippen LogP contribution in [-0.4, -0.2) is 28.8 Å². The summed E-state index contributed by atoms with van der Waals surface area (Å²) in [5, 5.41) is 0.373. The lowest BCUT2D eigenvalue weighted by Gasteiger charge is -2.39. The highest BCUT2D eigenvalue weighted by molar-refractivity contribution is 8.02. The van der Waals surface area contributed by atoms with Gasteiger partial charge in [-0.15, -0.1) is 0 Å². The van der Waals surface area contributed by atoms with Gasteiger partial charge in [0, 0.05) is 0 Å². The molecule has 2 saturated heterocycles. The van der Waals surface area contributed by atoms with Crippen molar-refractivity contribution in [1.82, 2.24) is 4.90 Å². The predicted octanol–water partition coefficient (Wildman–Crippen LogP) is -1.33. The first-order valence-electron chi connectivity index (χ1n) is 2.91. The van der Waals surface area contributed by atoms with Crippen molar-refractivity contribution in [3.8, 4) is 0 Å². The fourth-order valence-electron chi connectivity index (χ4n) is 1.18. The molecule has 1 amide bonds. The summed E-state index contributed by atoms with van der Waals surface area (Å²) < 4.78 is 0. The van der Waals surface area contributed by atoms with Gasteiger partial charge in [-0.2, -0.15) is 0 Å². The Kier molecular flexibility index (Phi) is 1.01. The van der Waals surface area contributed by atoms with Crippen LogP contribution in [0.4, 0.5) is 0 Å². The van der Waals surface area contributed by atoms with Gasteiger partial charge in [0.25, 0.3) is 5.91 Å². The van der Waals surface area contributed by atoms with Crippen molar-refractivity contribution in [3.05, 3.63) is 5.75 Å². The van der Waals surface area contributed by atoms with Crippen molar-refractivity contribution in [1.29, 1.82) is 0 Å². The van der Waals surface area contributed by atoms with E-state index in [9.17, 15) is 4.79 Å². The molecule has 9 heavy (non-hydrogen) atoms. The molecule has 2 rings (SSSR count). The Labute approximate surface area is 57.6 Å². The van der Waals surface area contributed by atoms with Crippen LogP contribution in [-0.2, 0) is 4.79 Å². The number of fused-ring (bicyclic) bond motifs is 1. The number of hydrogen-bond acceptors (Lipinski definition) is 2. The number of amides is 1. The van der Waals surface area contributed by atoms with E-state index in [1.54, 1.807) is 11.8 Å². The quantitative estimate of drug-likeness (QED) is 0.338. The molecule has 0 saturated carbocycles. The number of quaternary nitrogens is 1. The standard InChI is InChI=1S/C5H7N2OS/c6-3-4(8)7-1-2-9-5(3)7/h2-3,5H,1,6H2/q-1/p+1/t3?,5-/m1/s1. The van der Waals surface area contributed by atoms with Crippen molar-refractivity contribution in [3.63, 3.8) is 0 Å². The molecule has 0 aromatic rings. The van der Waals surface area contributed by atoms with Gasteiger partial charge in [0.1, 0.15) is 5.37 Å². The molecule has 0 bridgehead atoms. The van der Waals surface area contributed by atoms with E-state index in [2.05, 4.69) is 11.5 Å². The largest absolute Gasteiger partial charge is 0.351 e. The first-order valence-corrected chi connectivity index (χ1v) is 3.85. The van der Waals surface area contributed by atoms with E-state index in [4.69, 9.17) is 0 Å². The lowest BCUT2D eigenvalue weighted by Crippen LogP contribution is -2.81. The lowest BCUT2D eigenvalue weighted by atomic mass is 10.1. The summed E-state index contributed by atoms with van der Waals surface area (Å²) >= 11 is 1.72. The number of thioether (sulfide) groups is 1. The molecule has 4 heteroatoms. The van der Waals surface area contributed by atoms with Crippen LogP contribution < -0.4 is 5.73 Å². The fraction of sp³-hybridized carbons (Fsp3) is 0.600. The molecule has 0 radical (unpaired) electrons. The molecule has 0 aromatic heterocycles. The van der Waals surface area contributed by atoms with E-state index in [-0.39, 0.29) is 11.9 Å². The van der Waals surface area contributed by atoms with Gasteiger partial charge in [-0.1, -0.05) is 6.54 Å². The molecule has 0 spiro atoms. The van der Waals surface area contributed by atoms with Gasteiger partial charge in [0.05, 0.1) is 0 Å². The second-order valence-electron chi connectivity index (χ2n) is 2.29. The number of carbonyl (C=O) groups is 1. The zero-order valence-electron chi connectivity index (χ0n) is 4.91. The van der Waals surface area contributed by atoms with Crippen molar-refractivity contribution >= 4 is 17.7 Å². The molecular formula is C5H8N2OS. The van der Waals surface area contributed by atoms with Crippen LogP contribution in [0.2, 0.25) is 0 Å². The second-order valence-corrected chi connectivity index (χ2v) is 3.38. The maximum atomic E-state index is 10.9. The zero-order valence-corrected chi connectivity index (χ0v) is 5.73. The summed E-state index contributed by atoms with van der Waals surface area (Å²) in [7, 11) is 0. The van der Waals surface area contributed by atoms with Crippen LogP contribution >= 0.6 is 11.8 Å². The summed E-state index contributed by atoms with van der Waals surface area (Å²) in [6.07, 6.45) is 0. The minimum absolute atomic E-state index is 0.0220. The number of rotatable bonds is 0. The molecule has 1 unspecified atom stereocenters. The molecule has 2 aliphatic rings. The molecule has 50 valence electrons. The van der Waals surface area contributed by atoms with Gasteiger partial charge < -0.3 is 22.4 Å². The average Bonchev–Trinajstić information content (AvgIpc) is 2.30. The number of nitrogens with zero attached hydrogens (tertiary/aromatic N) is 1. The van der Waals surface area contributed by atoms with Crippen LogP contribution in [0, 0.1) is 5.75 Å². The average molecular weight is 144 g/mol. The summed E-state index contributed by atoms with van der Waals surface area (Å²) in [6, 6.07) is 0.0220. The Bertz CT molecular complexity index is 161. The maximum Gasteiger partial charge on any atom is 0.282 e. The third-order valence-corrected chi connectivity index (χ3v) is 2.96. The Morgan fingerprint density at radius 2 is 2.67 bits per heavy atom. The van der Waals surface area contributed by atoms with E-state index in [1.165, 1.54) is 0 Å². The molecule has 0 aromatic carbocycles. The van der Waals surface area contributed by atoms with Crippen molar-refractivity contribution < 1.29 is 10.5 Å². The Hall–Kier alpha value is -0.220. The van der Waals surface area contributed by atoms with E-state index in [1.807, 2.05) is 4.90 Å². The van der Waals surface area contributed by atoms with Gasteiger partial charge in [-0.3, -0.25) is 10.5 Å². The van der Waals surface area contributed by atoms with Gasteiger partial charge in [-0.25, -0.2) is 0 Å². The zero-order chi connectivity index (χ0) is 6.43. The molecule has 3 N–H and O–H groups in total. The third kappa shape index (κ3) is 0.548. The van der Waals surface area contributed by atoms with Gasteiger partial charge in [-0.05, 0) is 0 Å². The molecule has 2 atom stereocenters. The summed E-state index contributed by atoms with van der Waals surface area (Å²) in [4.78, 5) is 12.7.